The maximum atomic E-state index is 12.1. The second kappa shape index (κ2) is 9.79. The molecular weight excluding hydrogens is 330 g/mol. The molecule has 1 aliphatic rings. The van der Waals surface area contributed by atoms with Crippen LogP contribution in [0.5, 0.6) is 0 Å². The predicted molar refractivity (Wildman–Crippen MR) is 99.7 cm³/mol. The van der Waals surface area contributed by atoms with Crippen molar-refractivity contribution in [2.75, 3.05) is 6.54 Å². The summed E-state index contributed by atoms with van der Waals surface area (Å²) in [5.41, 5.74) is 1.25. The molecule has 0 radical (unpaired) electrons. The van der Waals surface area contributed by atoms with E-state index in [4.69, 9.17) is 11.5 Å². The van der Waals surface area contributed by atoms with Crippen molar-refractivity contribution < 1.29 is 19.8 Å². The SMILES string of the molecule is C#CCCC[C@H](O)C=C[C@H]1CCC(=O)N1CCc1ccc(C(=O)O)cc1. The zero-order chi connectivity index (χ0) is 18.9. The van der Waals surface area contributed by atoms with Gasteiger partial charge in [-0.15, -0.1) is 12.3 Å². The van der Waals surface area contributed by atoms with Crippen molar-refractivity contribution in [3.8, 4) is 12.3 Å². The maximum Gasteiger partial charge on any atom is 0.335 e. The number of terminal acetylenes is 1. The van der Waals surface area contributed by atoms with E-state index in [0.717, 1.165) is 18.4 Å². The molecule has 2 N–H and O–H groups in total. The number of carbonyl (C=O) groups excluding carboxylic acids is 1. The summed E-state index contributed by atoms with van der Waals surface area (Å²) in [4.78, 5) is 24.8. The number of aliphatic hydroxyl groups is 1. The lowest BCUT2D eigenvalue weighted by atomic mass is 10.1. The summed E-state index contributed by atoms with van der Waals surface area (Å²) in [5.74, 6) is 1.72. The molecule has 0 aliphatic carbocycles. The van der Waals surface area contributed by atoms with Crippen molar-refractivity contribution in [2.45, 2.75) is 50.7 Å². The Balaban J connectivity index is 1.88. The standard InChI is InChI=1S/C21H25NO4/c1-2-3-4-5-19(23)12-10-18-11-13-20(24)22(18)15-14-16-6-8-17(9-7-16)21(25)26/h1,6-10,12,18-19,23H,3-5,11,13-15H2,(H,25,26)/t18-,19-/m0/s1. The molecule has 1 heterocycles. The fourth-order valence-corrected chi connectivity index (χ4v) is 3.08. The van der Waals surface area contributed by atoms with Crippen molar-refractivity contribution in [3.05, 3.63) is 47.5 Å². The van der Waals surface area contributed by atoms with Gasteiger partial charge in [-0.1, -0.05) is 24.3 Å². The molecule has 0 bridgehead atoms. The third kappa shape index (κ3) is 5.75. The number of carbonyl (C=O) groups is 2. The summed E-state index contributed by atoms with van der Waals surface area (Å²) in [6, 6.07) is 6.72. The summed E-state index contributed by atoms with van der Waals surface area (Å²) < 4.78 is 0. The number of benzene rings is 1. The molecule has 2 rings (SSSR count). The second-order valence-corrected chi connectivity index (χ2v) is 6.49. The number of aromatic carboxylic acids is 1. The van der Waals surface area contributed by atoms with Crippen LogP contribution >= 0.6 is 0 Å². The summed E-state index contributed by atoms with van der Waals surface area (Å²) in [6.45, 7) is 0.577. The van der Waals surface area contributed by atoms with Gasteiger partial charge < -0.3 is 15.1 Å². The van der Waals surface area contributed by atoms with Gasteiger partial charge >= 0.3 is 5.97 Å². The lowest BCUT2D eigenvalue weighted by molar-refractivity contribution is -0.128. The van der Waals surface area contributed by atoms with Crippen molar-refractivity contribution in [2.24, 2.45) is 0 Å². The van der Waals surface area contributed by atoms with Crippen LogP contribution in [0.1, 0.15) is 48.0 Å². The zero-order valence-electron chi connectivity index (χ0n) is 14.8. The van der Waals surface area contributed by atoms with Crippen LogP contribution in [-0.4, -0.2) is 45.7 Å². The zero-order valence-corrected chi connectivity index (χ0v) is 14.8. The molecule has 1 amide bonds. The fourth-order valence-electron chi connectivity index (χ4n) is 3.08. The second-order valence-electron chi connectivity index (χ2n) is 6.49. The molecule has 0 unspecified atom stereocenters. The van der Waals surface area contributed by atoms with Gasteiger partial charge in [-0.3, -0.25) is 4.79 Å². The molecule has 1 saturated heterocycles. The van der Waals surface area contributed by atoms with Crippen LogP contribution < -0.4 is 0 Å². The Labute approximate surface area is 154 Å². The molecule has 0 aromatic heterocycles. The molecule has 1 fully saturated rings. The van der Waals surface area contributed by atoms with E-state index in [0.29, 0.717) is 32.2 Å². The number of hydrogen-bond donors (Lipinski definition) is 2. The van der Waals surface area contributed by atoms with Gasteiger partial charge in [0, 0.05) is 19.4 Å². The Morgan fingerprint density at radius 1 is 1.38 bits per heavy atom. The number of likely N-dealkylation sites (tertiary alicyclic amines) is 1. The van der Waals surface area contributed by atoms with E-state index >= 15 is 0 Å². The first-order valence-electron chi connectivity index (χ1n) is 8.93. The van der Waals surface area contributed by atoms with Crippen LogP contribution in [0, 0.1) is 12.3 Å². The lowest BCUT2D eigenvalue weighted by Crippen LogP contribution is -2.33. The van der Waals surface area contributed by atoms with E-state index in [9.17, 15) is 14.7 Å². The topological polar surface area (TPSA) is 77.8 Å². The molecule has 1 aromatic rings. The number of amides is 1. The van der Waals surface area contributed by atoms with E-state index in [-0.39, 0.29) is 17.5 Å². The van der Waals surface area contributed by atoms with Crippen molar-refractivity contribution >= 4 is 11.9 Å². The van der Waals surface area contributed by atoms with Gasteiger partial charge in [0.1, 0.15) is 0 Å². The average molecular weight is 355 g/mol. The lowest BCUT2D eigenvalue weighted by Gasteiger charge is -2.22. The molecule has 0 saturated carbocycles. The van der Waals surface area contributed by atoms with Crippen LogP contribution in [-0.2, 0) is 11.2 Å². The number of rotatable bonds is 9. The molecule has 1 aliphatic heterocycles. The first kappa shape index (κ1) is 19.7. The number of hydrogen-bond acceptors (Lipinski definition) is 3. The molecule has 138 valence electrons. The first-order valence-corrected chi connectivity index (χ1v) is 8.93. The molecular formula is C21H25NO4. The predicted octanol–water partition coefficient (Wildman–Crippen LogP) is 2.64. The van der Waals surface area contributed by atoms with Gasteiger partial charge in [0.15, 0.2) is 0 Å². The average Bonchev–Trinajstić information content (AvgIpc) is 2.98. The van der Waals surface area contributed by atoms with Crippen LogP contribution in [0.2, 0.25) is 0 Å². The summed E-state index contributed by atoms with van der Waals surface area (Å²) in [7, 11) is 0. The van der Waals surface area contributed by atoms with Gasteiger partial charge in [-0.05, 0) is 43.4 Å². The monoisotopic (exact) mass is 355 g/mol. The number of carboxylic acids is 1. The van der Waals surface area contributed by atoms with Crippen LogP contribution in [0.3, 0.4) is 0 Å². The molecule has 5 nitrogen and oxygen atoms in total. The quantitative estimate of drug-likeness (QED) is 0.405. The van der Waals surface area contributed by atoms with E-state index in [2.05, 4.69) is 5.92 Å². The van der Waals surface area contributed by atoms with Gasteiger partial charge in [0.2, 0.25) is 5.91 Å². The van der Waals surface area contributed by atoms with Gasteiger partial charge in [-0.2, -0.15) is 0 Å². The minimum absolute atomic E-state index is 0.00285. The molecule has 2 atom stereocenters. The van der Waals surface area contributed by atoms with E-state index in [1.807, 2.05) is 11.0 Å². The first-order chi connectivity index (χ1) is 12.5. The Bertz CT molecular complexity index is 687. The molecule has 26 heavy (non-hydrogen) atoms. The third-order valence-electron chi connectivity index (χ3n) is 4.59. The van der Waals surface area contributed by atoms with Crippen molar-refractivity contribution in [1.29, 1.82) is 0 Å². The Morgan fingerprint density at radius 2 is 2.12 bits per heavy atom. The third-order valence-corrected chi connectivity index (χ3v) is 4.59. The van der Waals surface area contributed by atoms with Gasteiger partial charge in [0.05, 0.1) is 17.7 Å². The highest BCUT2D eigenvalue weighted by molar-refractivity contribution is 5.87. The van der Waals surface area contributed by atoms with Crippen molar-refractivity contribution in [1.82, 2.24) is 4.90 Å². The number of unbranched alkanes of at least 4 members (excludes halogenated alkanes) is 1. The number of carboxylic acid groups (broad SMARTS) is 1. The number of nitrogens with zero attached hydrogens (tertiary/aromatic N) is 1. The van der Waals surface area contributed by atoms with E-state index in [1.54, 1.807) is 30.3 Å². The van der Waals surface area contributed by atoms with Crippen molar-refractivity contribution in [3.63, 3.8) is 0 Å². The number of aliphatic hydroxyl groups excluding tert-OH is 1. The molecule has 1 aromatic carbocycles. The Hall–Kier alpha value is -2.58. The van der Waals surface area contributed by atoms with Gasteiger partial charge in [-0.25, -0.2) is 4.79 Å². The highest BCUT2D eigenvalue weighted by atomic mass is 16.4. The van der Waals surface area contributed by atoms with Crippen LogP contribution in [0.4, 0.5) is 0 Å². The summed E-state index contributed by atoms with van der Waals surface area (Å²) in [6.07, 6.45) is 12.3. The normalized spacial score (nSPS) is 18.2. The smallest absolute Gasteiger partial charge is 0.335 e. The fraction of sp³-hybridized carbons (Fsp3) is 0.429. The highest BCUT2D eigenvalue weighted by Crippen LogP contribution is 2.21. The maximum absolute atomic E-state index is 12.1. The Kier molecular flexibility index (Phi) is 7.43. The highest BCUT2D eigenvalue weighted by Gasteiger charge is 2.28. The summed E-state index contributed by atoms with van der Waals surface area (Å²) >= 11 is 0. The molecule has 5 heteroatoms. The van der Waals surface area contributed by atoms with E-state index in [1.165, 1.54) is 0 Å². The Morgan fingerprint density at radius 3 is 2.77 bits per heavy atom. The summed E-state index contributed by atoms with van der Waals surface area (Å²) in [5, 5.41) is 18.9. The van der Waals surface area contributed by atoms with E-state index < -0.39 is 12.1 Å². The molecule has 0 spiro atoms. The van der Waals surface area contributed by atoms with Crippen LogP contribution in [0.25, 0.3) is 0 Å². The van der Waals surface area contributed by atoms with Crippen LogP contribution in [0.15, 0.2) is 36.4 Å². The largest absolute Gasteiger partial charge is 0.478 e. The minimum Gasteiger partial charge on any atom is -0.478 e. The van der Waals surface area contributed by atoms with Gasteiger partial charge in [0.25, 0.3) is 0 Å². The minimum atomic E-state index is -0.947.